The van der Waals surface area contributed by atoms with Gasteiger partial charge in [-0.15, -0.1) is 0 Å². The van der Waals surface area contributed by atoms with Gasteiger partial charge in [0.15, 0.2) is 0 Å². The molecule has 4 nitrogen and oxygen atoms in total. The lowest BCUT2D eigenvalue weighted by Gasteiger charge is -2.13. The molecule has 0 aliphatic carbocycles. The highest BCUT2D eigenvalue weighted by Gasteiger charge is 2.05. The second-order valence-corrected chi connectivity index (χ2v) is 8.23. The van der Waals surface area contributed by atoms with Crippen molar-refractivity contribution in [3.05, 3.63) is 0 Å². The van der Waals surface area contributed by atoms with E-state index in [4.69, 9.17) is 9.84 Å². The molecule has 0 spiro atoms. The molecule has 0 aliphatic heterocycles. The summed E-state index contributed by atoms with van der Waals surface area (Å²) in [7, 11) is 0. The zero-order valence-corrected chi connectivity index (χ0v) is 18.4. The molecule has 3 N–H and O–H groups in total. The second-order valence-electron chi connectivity index (χ2n) is 8.23. The molecule has 0 saturated heterocycles. The molecule has 4 heteroatoms. The summed E-state index contributed by atoms with van der Waals surface area (Å²) in [5, 5.41) is 21.3. The maximum Gasteiger partial charge on any atom is 0.0897 e. The van der Waals surface area contributed by atoms with Crippen LogP contribution in [0.4, 0.5) is 0 Å². The molecule has 0 radical (unpaired) electrons. The smallest absolute Gasteiger partial charge is 0.0897 e. The van der Waals surface area contributed by atoms with Crippen LogP contribution in [0, 0.1) is 5.92 Å². The van der Waals surface area contributed by atoms with E-state index < -0.39 is 6.10 Å². The van der Waals surface area contributed by atoms with E-state index in [1.54, 1.807) is 0 Å². The Morgan fingerprint density at radius 2 is 1.37 bits per heavy atom. The molecule has 0 amide bonds. The molecule has 0 aliphatic rings. The topological polar surface area (TPSA) is 61.7 Å². The number of unbranched alkanes of at least 4 members (excludes halogenated alkanes) is 10. The van der Waals surface area contributed by atoms with Gasteiger partial charge in [-0.1, -0.05) is 90.9 Å². The Morgan fingerprint density at radius 1 is 0.815 bits per heavy atom. The molecule has 0 aromatic carbocycles. The number of aliphatic hydroxyl groups is 2. The van der Waals surface area contributed by atoms with Crippen molar-refractivity contribution in [2.75, 3.05) is 32.9 Å². The fraction of sp³-hybridized carbons (Fsp3) is 1.00. The lowest BCUT2D eigenvalue weighted by molar-refractivity contribution is 0.0341. The summed E-state index contributed by atoms with van der Waals surface area (Å²) >= 11 is 0. The fourth-order valence-corrected chi connectivity index (χ4v) is 3.46. The molecule has 27 heavy (non-hydrogen) atoms. The average molecular weight is 388 g/mol. The number of nitrogens with one attached hydrogen (secondary N) is 1. The van der Waals surface area contributed by atoms with E-state index in [0.717, 1.165) is 18.9 Å². The first-order valence-corrected chi connectivity index (χ1v) is 11.8. The molecule has 2 unspecified atom stereocenters. The van der Waals surface area contributed by atoms with Gasteiger partial charge < -0.3 is 20.3 Å². The van der Waals surface area contributed by atoms with Gasteiger partial charge in [0, 0.05) is 19.7 Å². The predicted octanol–water partition coefficient (Wildman–Crippen LogP) is 5.06. The van der Waals surface area contributed by atoms with Crippen LogP contribution in [0.2, 0.25) is 0 Å². The van der Waals surface area contributed by atoms with Gasteiger partial charge in [0.25, 0.3) is 0 Å². The standard InChI is InChI=1S/C23H49NO3/c1-3-4-5-6-7-8-9-10-11-12-13-15-22(2)16-14-19-27-21-23(26)20-24-17-18-25/h22-26H,3-21H2,1-2H3. The van der Waals surface area contributed by atoms with Gasteiger partial charge in [-0.2, -0.15) is 0 Å². The Hall–Kier alpha value is -0.160. The molecular formula is C23H49NO3. The summed E-state index contributed by atoms with van der Waals surface area (Å²) in [6, 6.07) is 0. The van der Waals surface area contributed by atoms with Crippen molar-refractivity contribution in [1.29, 1.82) is 0 Å². The van der Waals surface area contributed by atoms with E-state index in [-0.39, 0.29) is 6.61 Å². The molecule has 164 valence electrons. The van der Waals surface area contributed by atoms with Crippen molar-refractivity contribution < 1.29 is 14.9 Å². The van der Waals surface area contributed by atoms with Gasteiger partial charge in [-0.25, -0.2) is 0 Å². The minimum Gasteiger partial charge on any atom is -0.395 e. The Morgan fingerprint density at radius 3 is 1.96 bits per heavy atom. The monoisotopic (exact) mass is 387 g/mol. The van der Waals surface area contributed by atoms with Gasteiger partial charge in [0.05, 0.1) is 19.3 Å². The maximum absolute atomic E-state index is 9.68. The summed E-state index contributed by atoms with van der Waals surface area (Å²) in [5.74, 6) is 0.781. The largest absolute Gasteiger partial charge is 0.395 e. The average Bonchev–Trinajstić information content (AvgIpc) is 2.66. The van der Waals surface area contributed by atoms with E-state index >= 15 is 0 Å². The van der Waals surface area contributed by atoms with Crippen molar-refractivity contribution in [3.63, 3.8) is 0 Å². The molecule has 0 bridgehead atoms. The van der Waals surface area contributed by atoms with E-state index in [1.807, 2.05) is 0 Å². The molecule has 2 atom stereocenters. The molecule has 0 aromatic rings. The zero-order valence-electron chi connectivity index (χ0n) is 18.4. The molecule has 0 saturated carbocycles. The van der Waals surface area contributed by atoms with Crippen molar-refractivity contribution in [1.82, 2.24) is 5.32 Å². The van der Waals surface area contributed by atoms with Crippen molar-refractivity contribution in [2.24, 2.45) is 5.92 Å². The maximum atomic E-state index is 9.68. The minimum absolute atomic E-state index is 0.102. The summed E-state index contributed by atoms with van der Waals surface area (Å²) in [4.78, 5) is 0. The van der Waals surface area contributed by atoms with Gasteiger partial charge in [-0.05, 0) is 18.8 Å². The van der Waals surface area contributed by atoms with Crippen LogP contribution in [0.25, 0.3) is 0 Å². The molecule has 0 aromatic heterocycles. The lowest BCUT2D eigenvalue weighted by Crippen LogP contribution is -2.32. The van der Waals surface area contributed by atoms with Gasteiger partial charge in [-0.3, -0.25) is 0 Å². The number of hydrogen-bond acceptors (Lipinski definition) is 4. The number of ether oxygens (including phenoxy) is 1. The molecule has 0 heterocycles. The normalized spacial score (nSPS) is 13.8. The third kappa shape index (κ3) is 22.0. The predicted molar refractivity (Wildman–Crippen MR) is 116 cm³/mol. The van der Waals surface area contributed by atoms with Crippen LogP contribution in [0.3, 0.4) is 0 Å². The van der Waals surface area contributed by atoms with Crippen molar-refractivity contribution >= 4 is 0 Å². The van der Waals surface area contributed by atoms with Gasteiger partial charge in [0.2, 0.25) is 0 Å². The first kappa shape index (κ1) is 26.8. The SMILES string of the molecule is CCCCCCCCCCCCCC(C)CCCOCC(O)CNCCO. The summed E-state index contributed by atoms with van der Waals surface area (Å²) in [6.45, 7) is 6.85. The third-order valence-corrected chi connectivity index (χ3v) is 5.26. The van der Waals surface area contributed by atoms with Crippen LogP contribution in [0.1, 0.15) is 104 Å². The van der Waals surface area contributed by atoms with Gasteiger partial charge >= 0.3 is 0 Å². The summed E-state index contributed by atoms with van der Waals surface area (Å²) in [6.07, 6.45) is 18.7. The van der Waals surface area contributed by atoms with E-state index in [1.165, 1.54) is 83.5 Å². The van der Waals surface area contributed by atoms with Crippen molar-refractivity contribution in [2.45, 2.75) is 110 Å². The zero-order chi connectivity index (χ0) is 20.0. The minimum atomic E-state index is -0.481. The first-order valence-electron chi connectivity index (χ1n) is 11.8. The highest BCUT2D eigenvalue weighted by atomic mass is 16.5. The van der Waals surface area contributed by atoms with Crippen LogP contribution in [0.5, 0.6) is 0 Å². The highest BCUT2D eigenvalue weighted by molar-refractivity contribution is 4.59. The lowest BCUT2D eigenvalue weighted by atomic mass is 9.97. The fourth-order valence-electron chi connectivity index (χ4n) is 3.46. The van der Waals surface area contributed by atoms with Crippen LogP contribution in [0.15, 0.2) is 0 Å². The van der Waals surface area contributed by atoms with Crippen LogP contribution in [-0.2, 0) is 4.74 Å². The van der Waals surface area contributed by atoms with Crippen LogP contribution in [-0.4, -0.2) is 49.2 Å². The highest BCUT2D eigenvalue weighted by Crippen LogP contribution is 2.17. The molecular weight excluding hydrogens is 338 g/mol. The number of rotatable bonds is 22. The quantitative estimate of drug-likeness (QED) is 0.227. The van der Waals surface area contributed by atoms with Crippen LogP contribution < -0.4 is 5.32 Å². The van der Waals surface area contributed by atoms with E-state index in [9.17, 15) is 5.11 Å². The second kappa shape index (κ2) is 22.1. The van der Waals surface area contributed by atoms with Gasteiger partial charge in [0.1, 0.15) is 0 Å². The Kier molecular flexibility index (Phi) is 22.0. The summed E-state index contributed by atoms with van der Waals surface area (Å²) < 4.78 is 5.54. The molecule has 0 rings (SSSR count). The third-order valence-electron chi connectivity index (χ3n) is 5.26. The Bertz CT molecular complexity index is 276. The van der Waals surface area contributed by atoms with E-state index in [0.29, 0.717) is 19.7 Å². The number of hydrogen-bond donors (Lipinski definition) is 3. The first-order chi connectivity index (χ1) is 13.2. The number of aliphatic hydroxyl groups excluding tert-OH is 2. The molecule has 0 fully saturated rings. The Labute approximate surface area is 169 Å². The van der Waals surface area contributed by atoms with Crippen molar-refractivity contribution in [3.8, 4) is 0 Å². The van der Waals surface area contributed by atoms with E-state index in [2.05, 4.69) is 19.2 Å². The van der Waals surface area contributed by atoms with Crippen LogP contribution >= 0.6 is 0 Å². The summed E-state index contributed by atoms with van der Waals surface area (Å²) in [5.41, 5.74) is 0. The Balaban J connectivity index is 3.22.